The fourth-order valence-corrected chi connectivity index (χ4v) is 1.55. The summed E-state index contributed by atoms with van der Waals surface area (Å²) in [5.41, 5.74) is 2.19. The monoisotopic (exact) mass is 259 g/mol. The second-order valence-electron chi connectivity index (χ2n) is 5.18. The molecule has 0 aliphatic rings. The Morgan fingerprint density at radius 1 is 1.42 bits per heavy atom. The number of aliphatic hydroxyl groups is 1. The third kappa shape index (κ3) is 4.42. The summed E-state index contributed by atoms with van der Waals surface area (Å²) < 4.78 is 0. The molecule has 0 heterocycles. The average molecular weight is 259 g/mol. The zero-order chi connectivity index (χ0) is 14.5. The van der Waals surface area contributed by atoms with Crippen molar-refractivity contribution in [3.8, 4) is 11.8 Å². The second kappa shape index (κ2) is 6.40. The van der Waals surface area contributed by atoms with Crippen LogP contribution in [0.15, 0.2) is 18.2 Å². The Balaban J connectivity index is 2.92. The number of amides is 1. The van der Waals surface area contributed by atoms with Crippen molar-refractivity contribution in [3.05, 3.63) is 34.9 Å². The number of carbonyl (C=O) groups is 1. The van der Waals surface area contributed by atoms with E-state index >= 15 is 0 Å². The summed E-state index contributed by atoms with van der Waals surface area (Å²) in [6.07, 6.45) is 0.873. The summed E-state index contributed by atoms with van der Waals surface area (Å²) in [5, 5.41) is 11.7. The molecule has 0 aromatic heterocycles. The van der Waals surface area contributed by atoms with Crippen LogP contribution in [0.2, 0.25) is 0 Å². The van der Waals surface area contributed by atoms with E-state index in [9.17, 15) is 4.79 Å². The van der Waals surface area contributed by atoms with Gasteiger partial charge in [-0.25, -0.2) is 0 Å². The highest BCUT2D eigenvalue weighted by Gasteiger charge is 2.18. The Hall–Kier alpha value is -1.79. The van der Waals surface area contributed by atoms with Crippen molar-refractivity contribution in [1.29, 1.82) is 0 Å². The number of hydrogen-bond donors (Lipinski definition) is 2. The maximum absolute atomic E-state index is 12.1. The van der Waals surface area contributed by atoms with E-state index in [0.717, 1.165) is 17.5 Å². The van der Waals surface area contributed by atoms with Crippen molar-refractivity contribution in [2.45, 2.75) is 39.7 Å². The molecule has 102 valence electrons. The Morgan fingerprint density at radius 3 is 2.63 bits per heavy atom. The number of aryl methyl sites for hydroxylation is 1. The van der Waals surface area contributed by atoms with Gasteiger partial charge in [-0.15, -0.1) is 0 Å². The number of carbonyl (C=O) groups excluding carboxylic acids is 1. The first-order valence-electron chi connectivity index (χ1n) is 6.42. The molecular weight excluding hydrogens is 238 g/mol. The van der Waals surface area contributed by atoms with Crippen molar-refractivity contribution in [1.82, 2.24) is 5.32 Å². The lowest BCUT2D eigenvalue weighted by atomic mass is 10.00. The van der Waals surface area contributed by atoms with Gasteiger partial charge in [-0.2, -0.15) is 0 Å². The number of benzene rings is 1. The van der Waals surface area contributed by atoms with Gasteiger partial charge in [-0.05, 0) is 51.0 Å². The largest absolute Gasteiger partial charge is 0.384 e. The van der Waals surface area contributed by atoms with Crippen LogP contribution >= 0.6 is 0 Å². The van der Waals surface area contributed by atoms with Crippen LogP contribution in [0.5, 0.6) is 0 Å². The Labute approximate surface area is 115 Å². The predicted molar refractivity (Wildman–Crippen MR) is 77.0 cm³/mol. The van der Waals surface area contributed by atoms with Crippen LogP contribution in [0.25, 0.3) is 0 Å². The maximum Gasteiger partial charge on any atom is 0.251 e. The van der Waals surface area contributed by atoms with Crippen molar-refractivity contribution in [3.63, 3.8) is 0 Å². The molecule has 0 saturated heterocycles. The van der Waals surface area contributed by atoms with Crippen molar-refractivity contribution < 1.29 is 9.90 Å². The van der Waals surface area contributed by atoms with Gasteiger partial charge in [-0.1, -0.05) is 18.8 Å². The van der Waals surface area contributed by atoms with Gasteiger partial charge in [0.15, 0.2) is 0 Å². The minimum absolute atomic E-state index is 0.0726. The topological polar surface area (TPSA) is 49.3 Å². The lowest BCUT2D eigenvalue weighted by molar-refractivity contribution is 0.0911. The fraction of sp³-hybridized carbons (Fsp3) is 0.438. The molecule has 0 radical (unpaired) electrons. The molecule has 3 heteroatoms. The third-order valence-electron chi connectivity index (χ3n) is 3.13. The molecule has 2 N–H and O–H groups in total. The van der Waals surface area contributed by atoms with Crippen LogP contribution < -0.4 is 5.32 Å². The normalized spacial score (nSPS) is 10.6. The highest BCUT2D eigenvalue weighted by atomic mass is 16.2. The molecule has 0 unspecified atom stereocenters. The van der Waals surface area contributed by atoms with Gasteiger partial charge >= 0.3 is 0 Å². The summed E-state index contributed by atoms with van der Waals surface area (Å²) >= 11 is 0. The smallest absolute Gasteiger partial charge is 0.251 e. The average Bonchev–Trinajstić information content (AvgIpc) is 2.36. The molecule has 0 atom stereocenters. The summed E-state index contributed by atoms with van der Waals surface area (Å²) in [5.74, 6) is 5.39. The zero-order valence-corrected chi connectivity index (χ0v) is 12.0. The highest BCUT2D eigenvalue weighted by Crippen LogP contribution is 2.13. The summed E-state index contributed by atoms with van der Waals surface area (Å²) in [6.45, 7) is 7.78. The molecule has 1 aromatic carbocycles. The van der Waals surface area contributed by atoms with Gasteiger partial charge in [0.1, 0.15) is 6.61 Å². The molecule has 0 bridgehead atoms. The standard InChI is InChI=1S/C16H21NO2/c1-5-16(3,4)17-15(19)14-9-8-13(7-6-10-18)12(2)11-14/h8-9,11,18H,5,10H2,1-4H3,(H,17,19). The van der Waals surface area contributed by atoms with Crippen LogP contribution in [-0.4, -0.2) is 23.2 Å². The van der Waals surface area contributed by atoms with Crippen LogP contribution in [0, 0.1) is 18.8 Å². The molecule has 1 aromatic rings. The Morgan fingerprint density at radius 2 is 2.11 bits per heavy atom. The number of hydrogen-bond acceptors (Lipinski definition) is 2. The van der Waals surface area contributed by atoms with Crippen molar-refractivity contribution >= 4 is 5.91 Å². The molecule has 0 aliphatic heterocycles. The van der Waals surface area contributed by atoms with E-state index < -0.39 is 0 Å². The van der Waals surface area contributed by atoms with Gasteiger partial charge in [0, 0.05) is 16.7 Å². The highest BCUT2D eigenvalue weighted by molar-refractivity contribution is 5.95. The number of aliphatic hydroxyl groups excluding tert-OH is 1. The maximum atomic E-state index is 12.1. The van der Waals surface area contributed by atoms with E-state index in [0.29, 0.717) is 5.56 Å². The quantitative estimate of drug-likeness (QED) is 0.818. The Kier molecular flexibility index (Phi) is 5.14. The van der Waals surface area contributed by atoms with E-state index in [4.69, 9.17) is 5.11 Å². The van der Waals surface area contributed by atoms with Crippen molar-refractivity contribution in [2.24, 2.45) is 0 Å². The van der Waals surface area contributed by atoms with E-state index in [1.807, 2.05) is 39.8 Å². The van der Waals surface area contributed by atoms with Crippen LogP contribution in [-0.2, 0) is 0 Å². The third-order valence-corrected chi connectivity index (χ3v) is 3.13. The van der Waals surface area contributed by atoms with Crippen LogP contribution in [0.4, 0.5) is 0 Å². The van der Waals surface area contributed by atoms with Crippen LogP contribution in [0.1, 0.15) is 48.7 Å². The summed E-state index contributed by atoms with van der Waals surface area (Å²) in [6, 6.07) is 5.39. The molecule has 0 aliphatic carbocycles. The first-order valence-corrected chi connectivity index (χ1v) is 6.42. The van der Waals surface area contributed by atoms with E-state index in [2.05, 4.69) is 17.2 Å². The molecule has 0 fully saturated rings. The molecule has 3 nitrogen and oxygen atoms in total. The van der Waals surface area contributed by atoms with Crippen molar-refractivity contribution in [2.75, 3.05) is 6.61 Å². The van der Waals surface area contributed by atoms with Crippen LogP contribution in [0.3, 0.4) is 0 Å². The van der Waals surface area contributed by atoms with Gasteiger partial charge in [-0.3, -0.25) is 4.79 Å². The number of rotatable bonds is 3. The van der Waals surface area contributed by atoms with Gasteiger partial charge in [0.2, 0.25) is 0 Å². The fourth-order valence-electron chi connectivity index (χ4n) is 1.55. The lowest BCUT2D eigenvalue weighted by Crippen LogP contribution is -2.42. The number of nitrogens with one attached hydrogen (secondary N) is 1. The molecule has 1 rings (SSSR count). The lowest BCUT2D eigenvalue weighted by Gasteiger charge is -2.24. The van der Waals surface area contributed by atoms with E-state index in [1.54, 1.807) is 6.07 Å². The first kappa shape index (κ1) is 15.3. The Bertz CT molecular complexity index is 521. The van der Waals surface area contributed by atoms with E-state index in [1.165, 1.54) is 0 Å². The predicted octanol–water partition coefficient (Wildman–Crippen LogP) is 2.26. The van der Waals surface area contributed by atoms with Gasteiger partial charge in [0.25, 0.3) is 5.91 Å². The summed E-state index contributed by atoms with van der Waals surface area (Å²) in [4.78, 5) is 12.1. The van der Waals surface area contributed by atoms with Gasteiger partial charge < -0.3 is 10.4 Å². The summed E-state index contributed by atoms with van der Waals surface area (Å²) in [7, 11) is 0. The molecule has 1 amide bonds. The molecular formula is C16H21NO2. The second-order valence-corrected chi connectivity index (χ2v) is 5.18. The minimum atomic E-state index is -0.208. The molecule has 0 saturated carbocycles. The van der Waals surface area contributed by atoms with E-state index in [-0.39, 0.29) is 18.1 Å². The molecule has 19 heavy (non-hydrogen) atoms. The SMILES string of the molecule is CCC(C)(C)NC(=O)c1ccc(C#CCO)c(C)c1. The minimum Gasteiger partial charge on any atom is -0.384 e. The first-order chi connectivity index (χ1) is 8.89. The van der Waals surface area contributed by atoms with Gasteiger partial charge in [0.05, 0.1) is 0 Å². The molecule has 0 spiro atoms. The zero-order valence-electron chi connectivity index (χ0n) is 12.0.